The summed E-state index contributed by atoms with van der Waals surface area (Å²) in [6.45, 7) is 4.28. The summed E-state index contributed by atoms with van der Waals surface area (Å²) in [5, 5.41) is 0. The van der Waals surface area contributed by atoms with E-state index in [2.05, 4.69) is 65.5 Å². The molecule has 0 saturated heterocycles. The van der Waals surface area contributed by atoms with Gasteiger partial charge in [-0.1, -0.05) is 31.2 Å². The van der Waals surface area contributed by atoms with E-state index in [9.17, 15) is 0 Å². The van der Waals surface area contributed by atoms with Gasteiger partial charge in [0.05, 0.1) is 9.83 Å². The maximum Gasteiger partial charge on any atom is 0.0731 e. The van der Waals surface area contributed by atoms with Gasteiger partial charge in [-0.3, -0.25) is 11.3 Å². The van der Waals surface area contributed by atoms with E-state index in [1.807, 2.05) is 0 Å². The highest BCUT2D eigenvalue weighted by Gasteiger charge is 2.14. The average molecular weight is 339 g/mol. The highest BCUT2D eigenvalue weighted by Crippen LogP contribution is 2.32. The van der Waals surface area contributed by atoms with Crippen molar-refractivity contribution in [3.05, 3.63) is 55.7 Å². The van der Waals surface area contributed by atoms with Gasteiger partial charge in [-0.05, 0) is 58.5 Å². The molecule has 1 unspecified atom stereocenters. The van der Waals surface area contributed by atoms with Crippen molar-refractivity contribution in [3.63, 3.8) is 0 Å². The molecule has 0 bridgehead atoms. The average Bonchev–Trinajstić information content (AvgIpc) is 2.76. The lowest BCUT2D eigenvalue weighted by molar-refractivity contribution is 0.560. The molecule has 1 atom stereocenters. The normalized spacial score (nSPS) is 12.6. The Morgan fingerprint density at radius 3 is 2.37 bits per heavy atom. The molecule has 4 heteroatoms. The largest absolute Gasteiger partial charge is 0.271 e. The minimum atomic E-state index is 0.169. The first-order chi connectivity index (χ1) is 9.13. The summed E-state index contributed by atoms with van der Waals surface area (Å²) in [4.78, 5) is 1.27. The summed E-state index contributed by atoms with van der Waals surface area (Å²) in [6.07, 6.45) is 1.99. The number of benzene rings is 1. The number of nitrogens with one attached hydrogen (secondary N) is 1. The molecule has 0 saturated carbocycles. The number of rotatable bonds is 5. The molecule has 2 nitrogen and oxygen atoms in total. The lowest BCUT2D eigenvalue weighted by atomic mass is 10.0. The quantitative estimate of drug-likeness (QED) is 0.635. The molecule has 102 valence electrons. The summed E-state index contributed by atoms with van der Waals surface area (Å²) in [7, 11) is 0. The van der Waals surface area contributed by atoms with Gasteiger partial charge in [-0.25, -0.2) is 0 Å². The molecule has 2 rings (SSSR count). The Morgan fingerprint density at radius 2 is 1.89 bits per heavy atom. The summed E-state index contributed by atoms with van der Waals surface area (Å²) in [6, 6.07) is 11.1. The zero-order valence-corrected chi connectivity index (χ0v) is 13.6. The SMILES string of the molecule is CCc1ccc(CC(NN)c2cc(C)c(Br)s2)cc1. The second-order valence-electron chi connectivity index (χ2n) is 4.70. The smallest absolute Gasteiger partial charge is 0.0731 e. The molecule has 0 radical (unpaired) electrons. The van der Waals surface area contributed by atoms with E-state index < -0.39 is 0 Å². The maximum absolute atomic E-state index is 5.71. The van der Waals surface area contributed by atoms with Gasteiger partial charge in [0.25, 0.3) is 0 Å². The van der Waals surface area contributed by atoms with Gasteiger partial charge in [0.1, 0.15) is 0 Å². The Balaban J connectivity index is 2.13. The Bertz CT molecular complexity index is 514. The second kappa shape index (κ2) is 6.66. The summed E-state index contributed by atoms with van der Waals surface area (Å²) >= 11 is 5.32. The summed E-state index contributed by atoms with van der Waals surface area (Å²) in [5.74, 6) is 5.71. The van der Waals surface area contributed by atoms with Crippen LogP contribution in [0, 0.1) is 6.92 Å². The maximum atomic E-state index is 5.71. The van der Waals surface area contributed by atoms with Gasteiger partial charge in [0, 0.05) is 4.88 Å². The Morgan fingerprint density at radius 1 is 1.26 bits per heavy atom. The molecular formula is C15H19BrN2S. The molecule has 2 aromatic rings. The molecule has 0 amide bonds. The first kappa shape index (κ1) is 14.7. The molecule has 1 heterocycles. The summed E-state index contributed by atoms with van der Waals surface area (Å²) < 4.78 is 1.18. The number of hydrogen-bond donors (Lipinski definition) is 2. The number of nitrogens with two attached hydrogens (primary N) is 1. The number of halogens is 1. The lowest BCUT2D eigenvalue weighted by Gasteiger charge is -2.14. The van der Waals surface area contributed by atoms with Crippen LogP contribution >= 0.6 is 27.3 Å². The number of hydrogen-bond acceptors (Lipinski definition) is 3. The van der Waals surface area contributed by atoms with Gasteiger partial charge >= 0.3 is 0 Å². The predicted molar refractivity (Wildman–Crippen MR) is 86.3 cm³/mol. The van der Waals surface area contributed by atoms with E-state index in [0.29, 0.717) is 0 Å². The Kier molecular flexibility index (Phi) is 5.16. The van der Waals surface area contributed by atoms with E-state index in [-0.39, 0.29) is 6.04 Å². The van der Waals surface area contributed by atoms with Crippen LogP contribution < -0.4 is 11.3 Å². The van der Waals surface area contributed by atoms with Crippen LogP contribution in [0.3, 0.4) is 0 Å². The Hall–Kier alpha value is -0.680. The fraction of sp³-hybridized carbons (Fsp3) is 0.333. The van der Waals surface area contributed by atoms with Crippen LogP contribution in [0.2, 0.25) is 0 Å². The van der Waals surface area contributed by atoms with Crippen LogP contribution in [0.5, 0.6) is 0 Å². The van der Waals surface area contributed by atoms with Crippen molar-refractivity contribution in [2.24, 2.45) is 5.84 Å². The zero-order valence-electron chi connectivity index (χ0n) is 11.2. The fourth-order valence-electron chi connectivity index (χ4n) is 2.04. The third-order valence-electron chi connectivity index (χ3n) is 3.29. The van der Waals surface area contributed by atoms with Crippen molar-refractivity contribution in [1.82, 2.24) is 5.43 Å². The van der Waals surface area contributed by atoms with Crippen molar-refractivity contribution in [2.45, 2.75) is 32.7 Å². The predicted octanol–water partition coefficient (Wildman–Crippen LogP) is 4.13. The van der Waals surface area contributed by atoms with Crippen molar-refractivity contribution >= 4 is 27.3 Å². The number of thiophene rings is 1. The third-order valence-corrected chi connectivity index (χ3v) is 5.54. The summed E-state index contributed by atoms with van der Waals surface area (Å²) in [5.41, 5.74) is 6.87. The number of hydrazine groups is 1. The highest BCUT2D eigenvalue weighted by atomic mass is 79.9. The van der Waals surface area contributed by atoms with Crippen molar-refractivity contribution in [2.75, 3.05) is 0 Å². The first-order valence-corrected chi connectivity index (χ1v) is 8.04. The van der Waals surface area contributed by atoms with E-state index in [1.54, 1.807) is 11.3 Å². The molecular weight excluding hydrogens is 320 g/mol. The number of aryl methyl sites for hydroxylation is 2. The van der Waals surface area contributed by atoms with Crippen molar-refractivity contribution in [1.29, 1.82) is 0 Å². The van der Waals surface area contributed by atoms with Gasteiger partial charge < -0.3 is 0 Å². The van der Waals surface area contributed by atoms with E-state index in [1.165, 1.54) is 25.4 Å². The standard InChI is InChI=1S/C15H19BrN2S/c1-3-11-4-6-12(7-5-11)9-13(18-17)14-8-10(2)15(16)19-14/h4-8,13,18H,3,9,17H2,1-2H3. The minimum Gasteiger partial charge on any atom is -0.271 e. The van der Waals surface area contributed by atoms with Gasteiger partial charge in [0.15, 0.2) is 0 Å². The van der Waals surface area contributed by atoms with E-state index in [4.69, 9.17) is 5.84 Å². The van der Waals surface area contributed by atoms with Crippen LogP contribution in [0.4, 0.5) is 0 Å². The molecule has 1 aromatic carbocycles. The minimum absolute atomic E-state index is 0.169. The van der Waals surface area contributed by atoms with Gasteiger partial charge in [-0.15, -0.1) is 11.3 Å². The van der Waals surface area contributed by atoms with Crippen LogP contribution in [0.1, 0.15) is 34.5 Å². The third kappa shape index (κ3) is 3.66. The first-order valence-electron chi connectivity index (χ1n) is 6.43. The molecule has 0 fully saturated rings. The lowest BCUT2D eigenvalue weighted by Crippen LogP contribution is -2.28. The van der Waals surface area contributed by atoms with E-state index in [0.717, 1.165) is 12.8 Å². The molecule has 0 aliphatic heterocycles. The van der Waals surface area contributed by atoms with Crippen molar-refractivity contribution < 1.29 is 0 Å². The van der Waals surface area contributed by atoms with E-state index >= 15 is 0 Å². The van der Waals surface area contributed by atoms with Crippen LogP contribution in [0.25, 0.3) is 0 Å². The van der Waals surface area contributed by atoms with Gasteiger partial charge in [-0.2, -0.15) is 0 Å². The molecule has 1 aromatic heterocycles. The zero-order chi connectivity index (χ0) is 13.8. The monoisotopic (exact) mass is 338 g/mol. The van der Waals surface area contributed by atoms with Crippen LogP contribution in [-0.2, 0) is 12.8 Å². The molecule has 0 spiro atoms. The van der Waals surface area contributed by atoms with Gasteiger partial charge in [0.2, 0.25) is 0 Å². The molecule has 3 N–H and O–H groups in total. The Labute approximate surface area is 127 Å². The van der Waals surface area contributed by atoms with Crippen LogP contribution in [-0.4, -0.2) is 0 Å². The fourth-order valence-corrected chi connectivity index (χ4v) is 3.68. The second-order valence-corrected chi connectivity index (χ2v) is 7.10. The molecule has 19 heavy (non-hydrogen) atoms. The molecule has 0 aliphatic carbocycles. The topological polar surface area (TPSA) is 38.0 Å². The van der Waals surface area contributed by atoms with Crippen LogP contribution in [0.15, 0.2) is 34.1 Å². The molecule has 0 aliphatic rings. The van der Waals surface area contributed by atoms with Crippen molar-refractivity contribution in [3.8, 4) is 0 Å². The highest BCUT2D eigenvalue weighted by molar-refractivity contribution is 9.11.